The Labute approximate surface area is 154 Å². The fraction of sp³-hybridized carbons (Fsp3) is 0.235. The molecule has 0 aliphatic carbocycles. The standard InChI is InChI=1S/C17H20BrN3O4/c1-25-13-8-11(19-5-6-22)7-12(9-13)20-17(24)21-16-4-2-3-15(18)14(16)10-23/h2-4,7-9,19,22-23H,5-6,10H2,1H3,(H2,20,21,24). The van der Waals surface area contributed by atoms with Crippen LogP contribution in [0.1, 0.15) is 5.56 Å². The van der Waals surface area contributed by atoms with E-state index in [9.17, 15) is 9.90 Å². The number of rotatable bonds is 7. The first-order chi connectivity index (χ1) is 12.1. The average Bonchev–Trinajstić information content (AvgIpc) is 2.59. The summed E-state index contributed by atoms with van der Waals surface area (Å²) in [5.41, 5.74) is 2.34. The number of amides is 2. The minimum absolute atomic E-state index is 0.00667. The van der Waals surface area contributed by atoms with Gasteiger partial charge in [-0.15, -0.1) is 0 Å². The Balaban J connectivity index is 2.13. The Kier molecular flexibility index (Phi) is 7.05. The maximum absolute atomic E-state index is 12.3. The van der Waals surface area contributed by atoms with Crippen LogP contribution in [-0.4, -0.2) is 36.5 Å². The van der Waals surface area contributed by atoms with Crippen LogP contribution in [0.4, 0.5) is 21.9 Å². The molecular weight excluding hydrogens is 390 g/mol. The van der Waals surface area contributed by atoms with Crippen molar-refractivity contribution >= 4 is 39.0 Å². The summed E-state index contributed by atoms with van der Waals surface area (Å²) in [6.45, 7) is 0.176. The van der Waals surface area contributed by atoms with Gasteiger partial charge in [0, 0.05) is 45.8 Å². The monoisotopic (exact) mass is 409 g/mol. The molecule has 0 aromatic heterocycles. The van der Waals surface area contributed by atoms with E-state index in [4.69, 9.17) is 9.84 Å². The van der Waals surface area contributed by atoms with Crippen molar-refractivity contribution in [3.63, 3.8) is 0 Å². The van der Waals surface area contributed by atoms with Gasteiger partial charge in [-0.2, -0.15) is 0 Å². The third-order valence-corrected chi connectivity index (χ3v) is 4.11. The van der Waals surface area contributed by atoms with Crippen molar-refractivity contribution in [3.8, 4) is 5.75 Å². The van der Waals surface area contributed by atoms with Gasteiger partial charge < -0.3 is 30.9 Å². The van der Waals surface area contributed by atoms with Gasteiger partial charge in [-0.25, -0.2) is 4.79 Å². The van der Waals surface area contributed by atoms with E-state index < -0.39 is 6.03 Å². The highest BCUT2D eigenvalue weighted by Crippen LogP contribution is 2.26. The maximum atomic E-state index is 12.3. The molecule has 0 fully saturated rings. The van der Waals surface area contributed by atoms with Gasteiger partial charge in [-0.3, -0.25) is 0 Å². The van der Waals surface area contributed by atoms with Crippen LogP contribution in [0, 0.1) is 0 Å². The highest BCUT2D eigenvalue weighted by molar-refractivity contribution is 9.10. The largest absolute Gasteiger partial charge is 0.497 e. The predicted molar refractivity (Wildman–Crippen MR) is 101 cm³/mol. The predicted octanol–water partition coefficient (Wildman–Crippen LogP) is 3.00. The number of urea groups is 1. The molecule has 0 aliphatic heterocycles. The molecule has 0 saturated carbocycles. The van der Waals surface area contributed by atoms with Crippen molar-refractivity contribution in [2.24, 2.45) is 0 Å². The van der Waals surface area contributed by atoms with Gasteiger partial charge in [-0.05, 0) is 18.2 Å². The van der Waals surface area contributed by atoms with Crippen LogP contribution in [-0.2, 0) is 6.61 Å². The number of halogens is 1. The number of ether oxygens (including phenoxy) is 1. The molecule has 0 unspecified atom stereocenters. The molecule has 0 heterocycles. The van der Waals surface area contributed by atoms with Crippen molar-refractivity contribution in [2.75, 3.05) is 36.2 Å². The van der Waals surface area contributed by atoms with Crippen molar-refractivity contribution in [3.05, 3.63) is 46.4 Å². The number of anilines is 3. The fourth-order valence-electron chi connectivity index (χ4n) is 2.21. The molecule has 2 rings (SSSR count). The number of hydrogen-bond donors (Lipinski definition) is 5. The van der Waals surface area contributed by atoms with Gasteiger partial charge in [0.25, 0.3) is 0 Å². The number of benzene rings is 2. The minimum atomic E-state index is -0.450. The molecule has 25 heavy (non-hydrogen) atoms. The van der Waals surface area contributed by atoms with Gasteiger partial charge in [0.2, 0.25) is 0 Å². The smallest absolute Gasteiger partial charge is 0.323 e. The third-order valence-electron chi connectivity index (χ3n) is 3.37. The van der Waals surface area contributed by atoms with Gasteiger partial charge in [0.05, 0.1) is 20.3 Å². The van der Waals surface area contributed by atoms with E-state index in [1.165, 1.54) is 7.11 Å². The van der Waals surface area contributed by atoms with Crippen LogP contribution in [0.5, 0.6) is 5.75 Å². The van der Waals surface area contributed by atoms with Crippen molar-refractivity contribution < 1.29 is 19.7 Å². The second-order valence-corrected chi connectivity index (χ2v) is 5.96. The number of methoxy groups -OCH3 is 1. The summed E-state index contributed by atoms with van der Waals surface area (Å²) >= 11 is 3.34. The molecule has 8 heteroatoms. The van der Waals surface area contributed by atoms with Crippen LogP contribution < -0.4 is 20.7 Å². The summed E-state index contributed by atoms with van der Waals surface area (Å²) in [6.07, 6.45) is 0. The first-order valence-corrected chi connectivity index (χ1v) is 8.36. The minimum Gasteiger partial charge on any atom is -0.497 e. The summed E-state index contributed by atoms with van der Waals surface area (Å²) in [5.74, 6) is 0.566. The summed E-state index contributed by atoms with van der Waals surface area (Å²) < 4.78 is 5.93. The fourth-order valence-corrected chi connectivity index (χ4v) is 2.70. The van der Waals surface area contributed by atoms with Crippen molar-refractivity contribution in [1.29, 1.82) is 0 Å². The van der Waals surface area contributed by atoms with Gasteiger partial charge >= 0.3 is 6.03 Å². The molecule has 7 nitrogen and oxygen atoms in total. The SMILES string of the molecule is COc1cc(NCCO)cc(NC(=O)Nc2cccc(Br)c2CO)c1. The van der Waals surface area contributed by atoms with Crippen molar-refractivity contribution in [2.45, 2.75) is 6.61 Å². The lowest BCUT2D eigenvalue weighted by Crippen LogP contribution is -2.20. The van der Waals surface area contributed by atoms with E-state index in [0.29, 0.717) is 39.4 Å². The Bertz CT molecular complexity index is 740. The molecule has 0 atom stereocenters. The molecule has 0 spiro atoms. The summed E-state index contributed by atoms with van der Waals surface area (Å²) in [4.78, 5) is 12.3. The van der Waals surface area contributed by atoms with Crippen LogP contribution in [0.15, 0.2) is 40.9 Å². The van der Waals surface area contributed by atoms with Crippen LogP contribution in [0.2, 0.25) is 0 Å². The zero-order valence-corrected chi connectivity index (χ0v) is 15.3. The quantitative estimate of drug-likeness (QED) is 0.483. The highest BCUT2D eigenvalue weighted by Gasteiger charge is 2.10. The number of aliphatic hydroxyl groups is 2. The molecular formula is C17H20BrN3O4. The van der Waals surface area contributed by atoms with Gasteiger partial charge in [-0.1, -0.05) is 22.0 Å². The third kappa shape index (κ3) is 5.35. The number of carbonyl (C=O) groups excluding carboxylic acids is 1. The lowest BCUT2D eigenvalue weighted by Gasteiger charge is -2.14. The van der Waals surface area contributed by atoms with E-state index in [0.717, 1.165) is 0 Å². The zero-order valence-electron chi connectivity index (χ0n) is 13.7. The lowest BCUT2D eigenvalue weighted by atomic mass is 10.2. The molecule has 5 N–H and O–H groups in total. The summed E-state index contributed by atoms with van der Waals surface area (Å²) in [6, 6.07) is 9.97. The second-order valence-electron chi connectivity index (χ2n) is 5.10. The normalized spacial score (nSPS) is 10.2. The van der Waals surface area contributed by atoms with E-state index in [1.54, 1.807) is 36.4 Å². The van der Waals surface area contributed by atoms with Gasteiger partial charge in [0.1, 0.15) is 5.75 Å². The average molecular weight is 410 g/mol. The molecule has 2 aromatic rings. The molecule has 0 radical (unpaired) electrons. The molecule has 134 valence electrons. The zero-order chi connectivity index (χ0) is 18.2. The first-order valence-electron chi connectivity index (χ1n) is 7.57. The second kappa shape index (κ2) is 9.26. The molecule has 0 saturated heterocycles. The first kappa shape index (κ1) is 19.0. The van der Waals surface area contributed by atoms with E-state index in [2.05, 4.69) is 31.9 Å². The number of nitrogens with one attached hydrogen (secondary N) is 3. The number of carbonyl (C=O) groups is 1. The van der Waals surface area contributed by atoms with Crippen molar-refractivity contribution in [1.82, 2.24) is 0 Å². The van der Waals surface area contributed by atoms with Crippen LogP contribution in [0.3, 0.4) is 0 Å². The highest BCUT2D eigenvalue weighted by atomic mass is 79.9. The van der Waals surface area contributed by atoms with E-state index >= 15 is 0 Å². The van der Waals surface area contributed by atoms with Crippen LogP contribution >= 0.6 is 15.9 Å². The van der Waals surface area contributed by atoms with Crippen LogP contribution in [0.25, 0.3) is 0 Å². The van der Waals surface area contributed by atoms with E-state index in [1.807, 2.05) is 0 Å². The molecule has 2 aromatic carbocycles. The Morgan fingerprint density at radius 2 is 1.92 bits per heavy atom. The lowest BCUT2D eigenvalue weighted by molar-refractivity contribution is 0.262. The number of aliphatic hydroxyl groups excluding tert-OH is 2. The molecule has 0 aliphatic rings. The Morgan fingerprint density at radius 3 is 2.60 bits per heavy atom. The van der Waals surface area contributed by atoms with Gasteiger partial charge in [0.15, 0.2) is 0 Å². The number of hydrogen-bond acceptors (Lipinski definition) is 5. The maximum Gasteiger partial charge on any atom is 0.323 e. The summed E-state index contributed by atoms with van der Waals surface area (Å²) in [5, 5.41) is 26.8. The Morgan fingerprint density at radius 1 is 1.16 bits per heavy atom. The molecule has 2 amide bonds. The molecule has 0 bridgehead atoms. The summed E-state index contributed by atoms with van der Waals surface area (Å²) in [7, 11) is 1.53. The van der Waals surface area contributed by atoms with E-state index in [-0.39, 0.29) is 13.2 Å². The Hall–Kier alpha value is -2.29. The topological polar surface area (TPSA) is 103 Å².